The van der Waals surface area contributed by atoms with E-state index >= 15 is 0 Å². The van der Waals surface area contributed by atoms with Crippen molar-refractivity contribution in [2.75, 3.05) is 20.3 Å². The third-order valence-electron chi connectivity index (χ3n) is 2.37. The first-order valence-electron chi connectivity index (χ1n) is 5.34. The van der Waals surface area contributed by atoms with Gasteiger partial charge in [0.1, 0.15) is 5.75 Å². The lowest BCUT2D eigenvalue weighted by atomic mass is 10.2. The molecule has 1 rings (SSSR count). The lowest BCUT2D eigenvalue weighted by molar-refractivity contribution is 0.238. The molecule has 0 spiro atoms. The predicted molar refractivity (Wildman–Crippen MR) is 69.4 cm³/mol. The van der Waals surface area contributed by atoms with Crippen LogP contribution in [0.1, 0.15) is 6.92 Å². The number of benzene rings is 1. The molecule has 2 N–H and O–H groups in total. The standard InChI is InChI=1S/C11H16ClNO4S/c1-8(7-14)6-13-18(15,16)9-3-4-11(17-2)10(12)5-9/h3-5,8,13-14H,6-7H2,1-2H3. The van der Waals surface area contributed by atoms with E-state index in [0.717, 1.165) is 0 Å². The van der Waals surface area contributed by atoms with Crippen LogP contribution in [-0.4, -0.2) is 33.8 Å². The molecule has 0 aliphatic carbocycles. The van der Waals surface area contributed by atoms with Crippen LogP contribution in [0.3, 0.4) is 0 Å². The van der Waals surface area contributed by atoms with Crippen molar-refractivity contribution >= 4 is 21.6 Å². The van der Waals surface area contributed by atoms with Crippen LogP contribution in [0.4, 0.5) is 0 Å². The Balaban J connectivity index is 2.88. The van der Waals surface area contributed by atoms with E-state index < -0.39 is 10.0 Å². The Bertz CT molecular complexity index is 504. The quantitative estimate of drug-likeness (QED) is 0.828. The van der Waals surface area contributed by atoms with Crippen molar-refractivity contribution in [2.24, 2.45) is 5.92 Å². The van der Waals surface area contributed by atoms with Crippen LogP contribution in [0.25, 0.3) is 0 Å². The van der Waals surface area contributed by atoms with Gasteiger partial charge in [-0.2, -0.15) is 0 Å². The average Bonchev–Trinajstić information content (AvgIpc) is 2.35. The lowest BCUT2D eigenvalue weighted by Gasteiger charge is -2.11. The van der Waals surface area contributed by atoms with E-state index in [1.165, 1.54) is 25.3 Å². The van der Waals surface area contributed by atoms with E-state index in [-0.39, 0.29) is 29.0 Å². The van der Waals surface area contributed by atoms with E-state index in [0.29, 0.717) is 5.75 Å². The summed E-state index contributed by atoms with van der Waals surface area (Å²) in [6.45, 7) is 1.83. The topological polar surface area (TPSA) is 75.6 Å². The minimum Gasteiger partial charge on any atom is -0.495 e. The van der Waals surface area contributed by atoms with E-state index in [1.807, 2.05) is 0 Å². The zero-order valence-corrected chi connectivity index (χ0v) is 11.8. The van der Waals surface area contributed by atoms with Crippen molar-refractivity contribution in [3.8, 4) is 5.75 Å². The smallest absolute Gasteiger partial charge is 0.240 e. The molecule has 0 bridgehead atoms. The number of ether oxygens (including phenoxy) is 1. The summed E-state index contributed by atoms with van der Waals surface area (Å²) >= 11 is 5.87. The van der Waals surface area contributed by atoms with Gasteiger partial charge in [0.05, 0.1) is 17.0 Å². The number of methoxy groups -OCH3 is 1. The fourth-order valence-electron chi connectivity index (χ4n) is 1.21. The van der Waals surface area contributed by atoms with Crippen molar-refractivity contribution in [3.63, 3.8) is 0 Å². The van der Waals surface area contributed by atoms with Crippen molar-refractivity contribution in [1.82, 2.24) is 4.72 Å². The summed E-state index contributed by atoms with van der Waals surface area (Å²) in [5, 5.41) is 9.07. The monoisotopic (exact) mass is 293 g/mol. The van der Waals surface area contributed by atoms with Crippen LogP contribution in [-0.2, 0) is 10.0 Å². The Morgan fingerprint density at radius 1 is 1.50 bits per heavy atom. The maximum atomic E-state index is 11.9. The van der Waals surface area contributed by atoms with Crippen molar-refractivity contribution < 1.29 is 18.3 Å². The van der Waals surface area contributed by atoms with Crippen molar-refractivity contribution in [1.29, 1.82) is 0 Å². The van der Waals surface area contributed by atoms with Gasteiger partial charge in [-0.3, -0.25) is 0 Å². The number of nitrogens with one attached hydrogen (secondary N) is 1. The van der Waals surface area contributed by atoms with Crippen LogP contribution in [0, 0.1) is 5.92 Å². The van der Waals surface area contributed by atoms with E-state index in [9.17, 15) is 8.42 Å². The third-order valence-corrected chi connectivity index (χ3v) is 4.08. The lowest BCUT2D eigenvalue weighted by Crippen LogP contribution is -2.29. The first-order valence-corrected chi connectivity index (χ1v) is 7.21. The minimum atomic E-state index is -3.61. The highest BCUT2D eigenvalue weighted by molar-refractivity contribution is 7.89. The van der Waals surface area contributed by atoms with Gasteiger partial charge in [-0.25, -0.2) is 13.1 Å². The molecule has 1 aromatic carbocycles. The highest BCUT2D eigenvalue weighted by Crippen LogP contribution is 2.26. The molecule has 102 valence electrons. The molecule has 0 aliphatic heterocycles. The molecule has 0 aliphatic rings. The largest absolute Gasteiger partial charge is 0.495 e. The SMILES string of the molecule is COc1ccc(S(=O)(=O)NCC(C)CO)cc1Cl. The highest BCUT2D eigenvalue weighted by Gasteiger charge is 2.16. The fraction of sp³-hybridized carbons (Fsp3) is 0.455. The number of aliphatic hydroxyl groups is 1. The summed E-state index contributed by atoms with van der Waals surface area (Å²) in [6.07, 6.45) is 0. The Morgan fingerprint density at radius 2 is 2.17 bits per heavy atom. The number of aliphatic hydroxyl groups excluding tert-OH is 1. The zero-order valence-electron chi connectivity index (χ0n) is 10.2. The highest BCUT2D eigenvalue weighted by atomic mass is 35.5. The molecule has 0 fully saturated rings. The van der Waals surface area contributed by atoms with Gasteiger partial charge < -0.3 is 9.84 Å². The number of halogens is 1. The molecular weight excluding hydrogens is 278 g/mol. The molecule has 0 heterocycles. The van der Waals surface area contributed by atoms with Gasteiger partial charge >= 0.3 is 0 Å². The maximum Gasteiger partial charge on any atom is 0.240 e. The number of rotatable bonds is 6. The molecular formula is C11H16ClNO4S. The maximum absolute atomic E-state index is 11.9. The van der Waals surface area contributed by atoms with Crippen LogP contribution >= 0.6 is 11.6 Å². The predicted octanol–water partition coefficient (Wildman–Crippen LogP) is 1.26. The summed E-state index contributed by atoms with van der Waals surface area (Å²) in [4.78, 5) is 0.0680. The Hall–Kier alpha value is -0.820. The van der Waals surface area contributed by atoms with Gasteiger partial charge in [-0.15, -0.1) is 0 Å². The van der Waals surface area contributed by atoms with E-state index in [1.54, 1.807) is 6.92 Å². The average molecular weight is 294 g/mol. The zero-order chi connectivity index (χ0) is 13.8. The summed E-state index contributed by atoms with van der Waals surface area (Å²) in [5.41, 5.74) is 0. The second-order valence-corrected chi connectivity index (χ2v) is 6.11. The van der Waals surface area contributed by atoms with E-state index in [4.69, 9.17) is 21.4 Å². The molecule has 18 heavy (non-hydrogen) atoms. The van der Waals surface area contributed by atoms with Gasteiger partial charge in [0.25, 0.3) is 0 Å². The van der Waals surface area contributed by atoms with Gasteiger partial charge in [-0.05, 0) is 24.1 Å². The number of sulfonamides is 1. The van der Waals surface area contributed by atoms with Gasteiger partial charge in [0.2, 0.25) is 10.0 Å². The fourth-order valence-corrected chi connectivity index (χ4v) is 2.73. The second kappa shape index (κ2) is 6.38. The normalized spacial score (nSPS) is 13.3. The molecule has 1 unspecified atom stereocenters. The first-order chi connectivity index (χ1) is 8.40. The molecule has 0 saturated carbocycles. The Morgan fingerprint density at radius 3 is 2.67 bits per heavy atom. The number of hydrogen-bond donors (Lipinski definition) is 2. The molecule has 0 saturated heterocycles. The van der Waals surface area contributed by atoms with Crippen LogP contribution in [0.15, 0.2) is 23.1 Å². The second-order valence-electron chi connectivity index (χ2n) is 3.94. The molecule has 0 aromatic heterocycles. The van der Waals surface area contributed by atoms with Crippen molar-refractivity contribution in [2.45, 2.75) is 11.8 Å². The molecule has 1 aromatic rings. The molecule has 0 radical (unpaired) electrons. The van der Waals surface area contributed by atoms with Gasteiger partial charge in [-0.1, -0.05) is 18.5 Å². The van der Waals surface area contributed by atoms with Gasteiger partial charge in [0.15, 0.2) is 0 Å². The first kappa shape index (κ1) is 15.2. The van der Waals surface area contributed by atoms with Crippen LogP contribution in [0.2, 0.25) is 5.02 Å². The summed E-state index contributed by atoms with van der Waals surface area (Å²) in [7, 11) is -2.16. The third kappa shape index (κ3) is 3.84. The van der Waals surface area contributed by atoms with Crippen LogP contribution < -0.4 is 9.46 Å². The molecule has 0 amide bonds. The Labute approximate surface area is 112 Å². The molecule has 1 atom stereocenters. The summed E-state index contributed by atoms with van der Waals surface area (Å²) in [5.74, 6) is 0.271. The van der Waals surface area contributed by atoms with Crippen molar-refractivity contribution in [3.05, 3.63) is 23.2 Å². The summed E-state index contributed by atoms with van der Waals surface area (Å²) in [6, 6.07) is 4.23. The molecule has 7 heteroatoms. The van der Waals surface area contributed by atoms with Gasteiger partial charge in [0, 0.05) is 13.2 Å². The van der Waals surface area contributed by atoms with Crippen LogP contribution in [0.5, 0.6) is 5.75 Å². The Kier molecular flexibility index (Phi) is 5.40. The minimum absolute atomic E-state index is 0.0680. The van der Waals surface area contributed by atoms with E-state index in [2.05, 4.69) is 4.72 Å². The number of hydrogen-bond acceptors (Lipinski definition) is 4. The molecule has 5 nitrogen and oxygen atoms in total. The summed E-state index contributed by atoms with van der Waals surface area (Å²) < 4.78 is 31.2.